The number of hydrogen-bond acceptors (Lipinski definition) is 2. The van der Waals surface area contributed by atoms with Gasteiger partial charge >= 0.3 is 5.97 Å². The Morgan fingerprint density at radius 2 is 1.94 bits per heavy atom. The van der Waals surface area contributed by atoms with Crippen LogP contribution in [0.4, 0.5) is 0 Å². The van der Waals surface area contributed by atoms with E-state index in [1.54, 1.807) is 13.2 Å². The van der Waals surface area contributed by atoms with Gasteiger partial charge in [-0.2, -0.15) is 0 Å². The van der Waals surface area contributed by atoms with Crippen molar-refractivity contribution in [3.05, 3.63) is 48.0 Å². The van der Waals surface area contributed by atoms with E-state index in [9.17, 15) is 4.79 Å². The number of carboxylic acids is 1. The molecule has 92 valence electrons. The second kappa shape index (κ2) is 5.36. The average molecular weight is 242 g/mol. The highest BCUT2D eigenvalue weighted by molar-refractivity contribution is 5.95. The number of rotatable bonds is 4. The molecule has 0 fully saturated rings. The van der Waals surface area contributed by atoms with Crippen molar-refractivity contribution in [3.8, 4) is 5.75 Å². The largest absolute Gasteiger partial charge is 0.496 e. The van der Waals surface area contributed by atoms with Gasteiger partial charge in [0.05, 0.1) is 13.5 Å². The van der Waals surface area contributed by atoms with Crippen LogP contribution < -0.4 is 4.74 Å². The normalized spacial score (nSPS) is 10.9. The van der Waals surface area contributed by atoms with Crippen molar-refractivity contribution in [2.45, 2.75) is 6.42 Å². The summed E-state index contributed by atoms with van der Waals surface area (Å²) in [5, 5.41) is 10.7. The molecular weight excluding hydrogens is 228 g/mol. The smallest absolute Gasteiger partial charge is 0.307 e. The van der Waals surface area contributed by atoms with E-state index in [1.165, 1.54) is 0 Å². The third-order valence-electron chi connectivity index (χ3n) is 2.73. The van der Waals surface area contributed by atoms with E-state index in [-0.39, 0.29) is 6.42 Å². The molecule has 2 rings (SSSR count). The van der Waals surface area contributed by atoms with Crippen LogP contribution in [0.1, 0.15) is 12.0 Å². The quantitative estimate of drug-likeness (QED) is 0.894. The lowest BCUT2D eigenvalue weighted by atomic mass is 10.0. The Morgan fingerprint density at radius 1 is 1.22 bits per heavy atom. The first-order valence-electron chi connectivity index (χ1n) is 5.66. The van der Waals surface area contributed by atoms with Crippen LogP contribution in [0, 0.1) is 0 Å². The van der Waals surface area contributed by atoms with Gasteiger partial charge in [0.2, 0.25) is 0 Å². The minimum Gasteiger partial charge on any atom is -0.496 e. The molecule has 18 heavy (non-hydrogen) atoms. The summed E-state index contributed by atoms with van der Waals surface area (Å²) < 4.78 is 5.31. The van der Waals surface area contributed by atoms with Gasteiger partial charge in [-0.25, -0.2) is 0 Å². The topological polar surface area (TPSA) is 46.5 Å². The zero-order valence-electron chi connectivity index (χ0n) is 10.1. The molecule has 0 atom stereocenters. The van der Waals surface area contributed by atoms with Crippen molar-refractivity contribution < 1.29 is 14.6 Å². The molecule has 0 spiro atoms. The maximum atomic E-state index is 10.5. The predicted octanol–water partition coefficient (Wildman–Crippen LogP) is 3.34. The summed E-state index contributed by atoms with van der Waals surface area (Å²) in [4.78, 5) is 10.5. The summed E-state index contributed by atoms with van der Waals surface area (Å²) >= 11 is 0. The first kappa shape index (κ1) is 12.2. The summed E-state index contributed by atoms with van der Waals surface area (Å²) in [6.45, 7) is 0. The van der Waals surface area contributed by atoms with Crippen molar-refractivity contribution >= 4 is 22.8 Å². The Bertz CT molecular complexity index is 600. The Labute approximate surface area is 105 Å². The van der Waals surface area contributed by atoms with Gasteiger partial charge in [-0.05, 0) is 17.0 Å². The highest BCUT2D eigenvalue weighted by Gasteiger charge is 2.03. The highest BCUT2D eigenvalue weighted by Crippen LogP contribution is 2.28. The van der Waals surface area contributed by atoms with Crippen LogP contribution in [0.15, 0.2) is 42.5 Å². The van der Waals surface area contributed by atoms with Gasteiger partial charge < -0.3 is 9.84 Å². The van der Waals surface area contributed by atoms with Gasteiger partial charge in [0.25, 0.3) is 0 Å². The fraction of sp³-hybridized carbons (Fsp3) is 0.133. The van der Waals surface area contributed by atoms with E-state index in [2.05, 4.69) is 0 Å². The lowest BCUT2D eigenvalue weighted by Crippen LogP contribution is -1.90. The van der Waals surface area contributed by atoms with Crippen LogP contribution in [0.3, 0.4) is 0 Å². The van der Waals surface area contributed by atoms with Crippen LogP contribution in [0.25, 0.3) is 16.8 Å². The first-order valence-corrected chi connectivity index (χ1v) is 5.66. The monoisotopic (exact) mass is 242 g/mol. The minimum absolute atomic E-state index is 0.0281. The summed E-state index contributed by atoms with van der Waals surface area (Å²) in [6.07, 6.45) is 3.51. The van der Waals surface area contributed by atoms with Crippen molar-refractivity contribution in [3.63, 3.8) is 0 Å². The van der Waals surface area contributed by atoms with Gasteiger partial charge in [-0.15, -0.1) is 0 Å². The Hall–Kier alpha value is -2.29. The molecule has 0 saturated heterocycles. The van der Waals surface area contributed by atoms with Crippen LogP contribution >= 0.6 is 0 Å². The van der Waals surface area contributed by atoms with E-state index >= 15 is 0 Å². The highest BCUT2D eigenvalue weighted by atomic mass is 16.5. The first-order chi connectivity index (χ1) is 8.72. The molecule has 2 aromatic rings. The zero-order chi connectivity index (χ0) is 13.0. The van der Waals surface area contributed by atoms with E-state index in [0.29, 0.717) is 0 Å². The fourth-order valence-electron chi connectivity index (χ4n) is 1.90. The molecule has 0 aliphatic heterocycles. The van der Waals surface area contributed by atoms with Crippen molar-refractivity contribution in [2.24, 2.45) is 0 Å². The van der Waals surface area contributed by atoms with Crippen LogP contribution in [-0.4, -0.2) is 18.2 Å². The maximum Gasteiger partial charge on any atom is 0.307 e. The van der Waals surface area contributed by atoms with Crippen molar-refractivity contribution in [1.82, 2.24) is 0 Å². The minimum atomic E-state index is -0.830. The lowest BCUT2D eigenvalue weighted by Gasteiger charge is -2.07. The van der Waals surface area contributed by atoms with Crippen LogP contribution in [-0.2, 0) is 4.79 Å². The summed E-state index contributed by atoms with van der Waals surface area (Å²) in [5.74, 6) is -0.00921. The molecule has 0 heterocycles. The van der Waals surface area contributed by atoms with E-state index in [4.69, 9.17) is 9.84 Å². The molecule has 0 radical (unpaired) electrons. The third kappa shape index (κ3) is 2.51. The molecule has 3 heteroatoms. The SMILES string of the molecule is COc1ccc(C=CCC(=O)O)c2ccccc12. The number of fused-ring (bicyclic) bond motifs is 1. The lowest BCUT2D eigenvalue weighted by molar-refractivity contribution is -0.135. The van der Waals surface area contributed by atoms with E-state index < -0.39 is 5.97 Å². The summed E-state index contributed by atoms with van der Waals surface area (Å²) in [5.41, 5.74) is 0.993. The molecule has 0 aliphatic rings. The van der Waals surface area contributed by atoms with Crippen LogP contribution in [0.5, 0.6) is 5.75 Å². The Kier molecular flexibility index (Phi) is 3.63. The molecule has 0 aliphatic carbocycles. The van der Waals surface area contributed by atoms with E-state index in [1.807, 2.05) is 42.5 Å². The second-order valence-electron chi connectivity index (χ2n) is 3.90. The molecule has 0 saturated carbocycles. The number of aliphatic carboxylic acids is 1. The number of hydrogen-bond donors (Lipinski definition) is 1. The zero-order valence-corrected chi connectivity index (χ0v) is 10.1. The number of carbonyl (C=O) groups is 1. The third-order valence-corrected chi connectivity index (χ3v) is 2.73. The maximum absolute atomic E-state index is 10.5. The molecule has 0 unspecified atom stereocenters. The fourth-order valence-corrected chi connectivity index (χ4v) is 1.90. The Balaban J connectivity index is 2.46. The number of methoxy groups -OCH3 is 1. The van der Waals surface area contributed by atoms with Gasteiger partial charge in [-0.1, -0.05) is 42.5 Å². The number of benzene rings is 2. The summed E-state index contributed by atoms with van der Waals surface area (Å²) in [7, 11) is 1.64. The summed E-state index contributed by atoms with van der Waals surface area (Å²) in [6, 6.07) is 11.7. The van der Waals surface area contributed by atoms with E-state index in [0.717, 1.165) is 22.1 Å². The van der Waals surface area contributed by atoms with Crippen molar-refractivity contribution in [1.29, 1.82) is 0 Å². The molecule has 1 N–H and O–H groups in total. The number of ether oxygens (including phenoxy) is 1. The van der Waals surface area contributed by atoms with Gasteiger partial charge in [-0.3, -0.25) is 4.79 Å². The molecule has 2 aromatic carbocycles. The molecule has 0 bridgehead atoms. The van der Waals surface area contributed by atoms with Crippen LogP contribution in [0.2, 0.25) is 0 Å². The predicted molar refractivity (Wildman–Crippen MR) is 71.8 cm³/mol. The molecule has 0 aromatic heterocycles. The van der Waals surface area contributed by atoms with Crippen molar-refractivity contribution in [2.75, 3.05) is 7.11 Å². The molecule has 0 amide bonds. The molecular formula is C15H14O3. The number of carboxylic acid groups (broad SMARTS) is 1. The van der Waals surface area contributed by atoms with Gasteiger partial charge in [0, 0.05) is 5.39 Å². The second-order valence-corrected chi connectivity index (χ2v) is 3.90. The van der Waals surface area contributed by atoms with Gasteiger partial charge in [0.1, 0.15) is 5.75 Å². The average Bonchev–Trinajstić information content (AvgIpc) is 2.38. The molecule has 3 nitrogen and oxygen atoms in total. The van der Waals surface area contributed by atoms with Gasteiger partial charge in [0.15, 0.2) is 0 Å². The standard InChI is InChI=1S/C15H14O3/c1-18-14-10-9-11(5-4-8-15(16)17)12-6-2-3-7-13(12)14/h2-7,9-10H,8H2,1H3,(H,16,17). The Morgan fingerprint density at radius 3 is 2.61 bits per heavy atom.